The highest BCUT2D eigenvalue weighted by Gasteiger charge is 2.50. The lowest BCUT2D eigenvalue weighted by molar-refractivity contribution is -0.176. The minimum Gasteiger partial charge on any atom is -0.462 e. The van der Waals surface area contributed by atoms with Gasteiger partial charge >= 0.3 is 5.97 Å². The van der Waals surface area contributed by atoms with Crippen molar-refractivity contribution in [1.82, 2.24) is 0 Å². The standard InChI is InChI=1S/C22H36O3/c1-16-8-6-9-17(2)11-12-19-14-20(25-18(3)23)21(4,13-7-10-16)15-22(19,5)24/h9-10,19-20,24H,6-8,11-15H2,1-5H3. The molecule has 1 N–H and O–H groups in total. The van der Waals surface area contributed by atoms with Crippen LogP contribution in [0.1, 0.15) is 86.0 Å². The van der Waals surface area contributed by atoms with Gasteiger partial charge in [0.2, 0.25) is 0 Å². The number of ether oxygens (including phenoxy) is 1. The molecule has 0 aromatic carbocycles. The molecule has 3 rings (SSSR count). The molecule has 0 heterocycles. The summed E-state index contributed by atoms with van der Waals surface area (Å²) in [5, 5.41) is 11.2. The van der Waals surface area contributed by atoms with E-state index >= 15 is 0 Å². The molecule has 4 atom stereocenters. The predicted octanol–water partition coefficient (Wildman–Crippen LogP) is 5.33. The zero-order valence-corrected chi connectivity index (χ0v) is 16.7. The molecule has 142 valence electrons. The number of carbonyl (C=O) groups is 1. The lowest BCUT2D eigenvalue weighted by Crippen LogP contribution is -2.53. The molecule has 3 nitrogen and oxygen atoms in total. The summed E-state index contributed by atoms with van der Waals surface area (Å²) in [5.74, 6) is -0.0334. The fraction of sp³-hybridized carbons (Fsp3) is 0.773. The van der Waals surface area contributed by atoms with E-state index in [0.717, 1.165) is 44.9 Å². The second kappa shape index (κ2) is 8.07. The lowest BCUT2D eigenvalue weighted by Gasteiger charge is -2.51. The zero-order valence-electron chi connectivity index (χ0n) is 16.7. The van der Waals surface area contributed by atoms with Gasteiger partial charge in [-0.2, -0.15) is 0 Å². The Hall–Kier alpha value is -1.09. The van der Waals surface area contributed by atoms with E-state index in [1.165, 1.54) is 18.1 Å². The van der Waals surface area contributed by atoms with E-state index < -0.39 is 5.60 Å². The largest absolute Gasteiger partial charge is 0.462 e. The van der Waals surface area contributed by atoms with Gasteiger partial charge in [-0.15, -0.1) is 0 Å². The van der Waals surface area contributed by atoms with Gasteiger partial charge in [-0.3, -0.25) is 4.79 Å². The number of hydrogen-bond acceptors (Lipinski definition) is 3. The fourth-order valence-electron chi connectivity index (χ4n) is 4.74. The van der Waals surface area contributed by atoms with E-state index in [0.29, 0.717) is 6.42 Å². The number of fused-ring (bicyclic) bond motifs is 9. The smallest absolute Gasteiger partial charge is 0.302 e. The highest BCUT2D eigenvalue weighted by Crippen LogP contribution is 2.50. The SMILES string of the molecule is CC(=O)OC1CC2CCC(C)=CCCC(C)=CCCC1(C)CC2(C)O. The molecule has 2 bridgehead atoms. The van der Waals surface area contributed by atoms with Gasteiger partial charge in [0.25, 0.3) is 0 Å². The number of carbonyl (C=O) groups excluding carboxylic acids is 1. The molecule has 3 aliphatic carbocycles. The molecule has 25 heavy (non-hydrogen) atoms. The average molecular weight is 349 g/mol. The highest BCUT2D eigenvalue weighted by atomic mass is 16.5. The van der Waals surface area contributed by atoms with Crippen LogP contribution in [0, 0.1) is 11.3 Å². The van der Waals surface area contributed by atoms with Crippen LogP contribution in [-0.4, -0.2) is 22.8 Å². The lowest BCUT2D eigenvalue weighted by atomic mass is 9.60. The van der Waals surface area contributed by atoms with Crippen LogP contribution in [0.15, 0.2) is 23.3 Å². The molecule has 0 aliphatic heterocycles. The van der Waals surface area contributed by atoms with Gasteiger partial charge in [0.05, 0.1) is 5.60 Å². The van der Waals surface area contributed by atoms with Crippen molar-refractivity contribution in [2.45, 2.75) is 97.7 Å². The second-order valence-corrected chi connectivity index (χ2v) is 8.94. The van der Waals surface area contributed by atoms with Gasteiger partial charge in [-0.1, -0.05) is 30.2 Å². The molecule has 4 unspecified atom stereocenters. The van der Waals surface area contributed by atoms with Crippen molar-refractivity contribution in [2.24, 2.45) is 11.3 Å². The minimum absolute atomic E-state index is 0.101. The number of allylic oxidation sites excluding steroid dienone is 4. The topological polar surface area (TPSA) is 46.5 Å². The van der Waals surface area contributed by atoms with E-state index in [4.69, 9.17) is 4.74 Å². The van der Waals surface area contributed by atoms with Crippen LogP contribution in [0.3, 0.4) is 0 Å². The molecule has 0 aromatic heterocycles. The van der Waals surface area contributed by atoms with Crippen molar-refractivity contribution >= 4 is 5.97 Å². The van der Waals surface area contributed by atoms with Gasteiger partial charge in [0.15, 0.2) is 0 Å². The normalized spacial score (nSPS) is 37.7. The van der Waals surface area contributed by atoms with Crippen LogP contribution in [0.25, 0.3) is 0 Å². The number of aliphatic hydroxyl groups is 1. The highest BCUT2D eigenvalue weighted by molar-refractivity contribution is 5.66. The van der Waals surface area contributed by atoms with Gasteiger partial charge in [-0.25, -0.2) is 0 Å². The molecular weight excluding hydrogens is 312 g/mol. The van der Waals surface area contributed by atoms with Crippen LogP contribution in [0.2, 0.25) is 0 Å². The van der Waals surface area contributed by atoms with Crippen molar-refractivity contribution in [2.75, 3.05) is 0 Å². The molecular formula is C22H36O3. The first-order valence-corrected chi connectivity index (χ1v) is 9.83. The predicted molar refractivity (Wildman–Crippen MR) is 102 cm³/mol. The minimum atomic E-state index is -0.700. The summed E-state index contributed by atoms with van der Waals surface area (Å²) < 4.78 is 5.75. The number of esters is 1. The van der Waals surface area contributed by atoms with Crippen molar-refractivity contribution in [3.05, 3.63) is 23.3 Å². The molecule has 0 aromatic rings. The third-order valence-corrected chi connectivity index (χ3v) is 6.35. The summed E-state index contributed by atoms with van der Waals surface area (Å²) in [4.78, 5) is 11.7. The van der Waals surface area contributed by atoms with Gasteiger partial charge in [0.1, 0.15) is 6.10 Å². The van der Waals surface area contributed by atoms with E-state index in [9.17, 15) is 9.90 Å². The third kappa shape index (κ3) is 5.44. The Labute approximate surface area is 153 Å². The molecule has 0 saturated heterocycles. The maximum absolute atomic E-state index is 11.7. The average Bonchev–Trinajstić information content (AvgIpc) is 2.47. The Kier molecular flexibility index (Phi) is 6.53. The quantitative estimate of drug-likeness (QED) is 0.514. The van der Waals surface area contributed by atoms with E-state index in [1.54, 1.807) is 0 Å². The second-order valence-electron chi connectivity index (χ2n) is 8.94. The number of rotatable bonds is 1. The molecule has 3 heteroatoms. The fourth-order valence-corrected chi connectivity index (χ4v) is 4.74. The van der Waals surface area contributed by atoms with Crippen LogP contribution in [0.4, 0.5) is 0 Å². The Morgan fingerprint density at radius 1 is 1.16 bits per heavy atom. The molecule has 0 spiro atoms. The van der Waals surface area contributed by atoms with Gasteiger partial charge in [-0.05, 0) is 78.1 Å². The maximum atomic E-state index is 11.7. The summed E-state index contributed by atoms with van der Waals surface area (Å²) in [6.45, 7) is 10.1. The van der Waals surface area contributed by atoms with Gasteiger partial charge < -0.3 is 9.84 Å². The summed E-state index contributed by atoms with van der Waals surface area (Å²) >= 11 is 0. The summed E-state index contributed by atoms with van der Waals surface area (Å²) in [7, 11) is 0. The zero-order chi connectivity index (χ0) is 18.7. The first-order valence-electron chi connectivity index (χ1n) is 9.83. The Morgan fingerprint density at radius 3 is 2.48 bits per heavy atom. The maximum Gasteiger partial charge on any atom is 0.302 e. The summed E-state index contributed by atoms with van der Waals surface area (Å²) in [6, 6.07) is 0. The van der Waals surface area contributed by atoms with E-state index in [-0.39, 0.29) is 23.4 Å². The Balaban J connectivity index is 2.31. The van der Waals surface area contributed by atoms with Crippen molar-refractivity contribution in [3.8, 4) is 0 Å². The summed E-state index contributed by atoms with van der Waals surface area (Å²) in [5.41, 5.74) is 1.96. The Bertz CT molecular complexity index is 543. The van der Waals surface area contributed by atoms with Crippen LogP contribution < -0.4 is 0 Å². The van der Waals surface area contributed by atoms with Gasteiger partial charge in [0, 0.05) is 12.3 Å². The number of hydrogen-bond donors (Lipinski definition) is 1. The summed E-state index contributed by atoms with van der Waals surface area (Å²) in [6.07, 6.45) is 12.1. The molecule has 3 aliphatic rings. The molecule has 0 amide bonds. The van der Waals surface area contributed by atoms with Crippen molar-refractivity contribution in [3.63, 3.8) is 0 Å². The van der Waals surface area contributed by atoms with Crippen LogP contribution in [0.5, 0.6) is 0 Å². The molecule has 1 fully saturated rings. The monoisotopic (exact) mass is 348 g/mol. The van der Waals surface area contributed by atoms with Crippen LogP contribution >= 0.6 is 0 Å². The third-order valence-electron chi connectivity index (χ3n) is 6.35. The van der Waals surface area contributed by atoms with Crippen molar-refractivity contribution in [1.29, 1.82) is 0 Å². The van der Waals surface area contributed by atoms with Crippen molar-refractivity contribution < 1.29 is 14.6 Å². The first kappa shape index (κ1) is 20.2. The van der Waals surface area contributed by atoms with E-state index in [1.807, 2.05) is 6.92 Å². The molecule has 1 saturated carbocycles. The van der Waals surface area contributed by atoms with Crippen LogP contribution in [-0.2, 0) is 9.53 Å². The molecule has 0 radical (unpaired) electrons. The first-order chi connectivity index (χ1) is 11.6. The Morgan fingerprint density at radius 2 is 1.80 bits per heavy atom. The van der Waals surface area contributed by atoms with E-state index in [2.05, 4.69) is 32.9 Å².